The molecule has 0 aromatic heterocycles. The molecule has 0 atom stereocenters. The van der Waals surface area contributed by atoms with Gasteiger partial charge >= 0.3 is 6.03 Å². The summed E-state index contributed by atoms with van der Waals surface area (Å²) in [5.41, 5.74) is 1.45. The van der Waals surface area contributed by atoms with Crippen molar-refractivity contribution in [2.45, 2.75) is 11.3 Å². The molecular weight excluding hydrogens is 356 g/mol. The predicted molar refractivity (Wildman–Crippen MR) is 99.0 cm³/mol. The van der Waals surface area contributed by atoms with Crippen LogP contribution >= 0.6 is 0 Å². The lowest BCUT2D eigenvalue weighted by atomic mass is 10.2. The Labute approximate surface area is 153 Å². The fourth-order valence-electron chi connectivity index (χ4n) is 2.17. The first-order chi connectivity index (χ1) is 12.3. The van der Waals surface area contributed by atoms with Crippen LogP contribution in [-0.2, 0) is 21.1 Å². The number of carbonyl (C=O) groups is 1. The number of rotatable bonds is 7. The number of nitrogens with zero attached hydrogens (tertiary/aromatic N) is 1. The lowest BCUT2D eigenvalue weighted by Gasteiger charge is -2.15. The highest BCUT2D eigenvalue weighted by Crippen LogP contribution is 2.18. The van der Waals surface area contributed by atoms with Crippen LogP contribution in [0.3, 0.4) is 0 Å². The molecule has 140 valence electrons. The van der Waals surface area contributed by atoms with E-state index in [0.717, 1.165) is 10.6 Å². The number of hydrogen-bond donors (Lipinski definition) is 1. The van der Waals surface area contributed by atoms with Gasteiger partial charge in [0.2, 0.25) is 0 Å². The molecule has 2 aromatic carbocycles. The topological polar surface area (TPSA) is 84.9 Å². The van der Waals surface area contributed by atoms with E-state index in [-0.39, 0.29) is 0 Å². The molecule has 0 aliphatic carbocycles. The lowest BCUT2D eigenvalue weighted by molar-refractivity contribution is -0.0598. The van der Waals surface area contributed by atoms with Crippen LogP contribution in [0.15, 0.2) is 53.4 Å². The van der Waals surface area contributed by atoms with Crippen molar-refractivity contribution in [2.24, 2.45) is 0 Å². The third-order valence-corrected chi connectivity index (χ3v) is 4.74. The van der Waals surface area contributed by atoms with E-state index in [0.29, 0.717) is 29.4 Å². The number of hydroxylamine groups is 2. The van der Waals surface area contributed by atoms with Crippen molar-refractivity contribution in [2.75, 3.05) is 32.3 Å². The van der Waals surface area contributed by atoms with Crippen molar-refractivity contribution in [3.63, 3.8) is 0 Å². The van der Waals surface area contributed by atoms with Gasteiger partial charge in [0.1, 0.15) is 5.75 Å². The summed E-state index contributed by atoms with van der Waals surface area (Å²) in [5, 5.41) is 3.75. The van der Waals surface area contributed by atoms with Crippen LogP contribution in [-0.4, -0.2) is 46.5 Å². The zero-order valence-electron chi connectivity index (χ0n) is 14.9. The molecule has 2 amide bonds. The number of urea groups is 1. The van der Waals surface area contributed by atoms with E-state index < -0.39 is 15.9 Å². The fraction of sp³-hybridized carbons (Fsp3) is 0.278. The second-order valence-electron chi connectivity index (χ2n) is 5.66. The first-order valence-electron chi connectivity index (χ1n) is 7.90. The van der Waals surface area contributed by atoms with Crippen LogP contribution in [0, 0.1) is 0 Å². The van der Waals surface area contributed by atoms with Crippen LogP contribution in [0.25, 0.3) is 0 Å². The van der Waals surface area contributed by atoms with Crippen molar-refractivity contribution < 1.29 is 22.8 Å². The number of benzene rings is 2. The normalized spacial score (nSPS) is 11.0. The number of ether oxygens (including phenoxy) is 1. The minimum Gasteiger partial charge on any atom is -0.493 e. The van der Waals surface area contributed by atoms with Crippen molar-refractivity contribution >= 4 is 21.6 Å². The second kappa shape index (κ2) is 8.68. The van der Waals surface area contributed by atoms with Crippen LogP contribution in [0.5, 0.6) is 5.75 Å². The van der Waals surface area contributed by atoms with Crippen LogP contribution in [0.2, 0.25) is 0 Å². The summed E-state index contributed by atoms with van der Waals surface area (Å²) in [6.45, 7) is 0.378. The molecule has 0 heterocycles. The lowest BCUT2D eigenvalue weighted by Crippen LogP contribution is -2.30. The van der Waals surface area contributed by atoms with Crippen molar-refractivity contribution in [3.05, 3.63) is 54.1 Å². The standard InChI is InChI=1S/C18H22N2O5S/c1-20(24-2)18(21)19-15-7-5-8-16(13-15)25-11-10-14-6-4-9-17(12-14)26(3,22)23/h4-9,12-13H,10-11H2,1-3H3,(H,19,21). The highest BCUT2D eigenvalue weighted by Gasteiger charge is 2.09. The zero-order chi connectivity index (χ0) is 19.2. The van der Waals surface area contributed by atoms with Crippen molar-refractivity contribution in [1.82, 2.24) is 5.06 Å². The Hall–Kier alpha value is -2.58. The maximum absolute atomic E-state index is 11.8. The highest BCUT2D eigenvalue weighted by molar-refractivity contribution is 7.90. The van der Waals surface area contributed by atoms with Gasteiger partial charge in [0.25, 0.3) is 0 Å². The van der Waals surface area contributed by atoms with Crippen molar-refractivity contribution in [3.8, 4) is 5.75 Å². The predicted octanol–water partition coefficient (Wildman–Crippen LogP) is 2.74. The van der Waals surface area contributed by atoms with Gasteiger partial charge in [0.05, 0.1) is 18.6 Å². The third kappa shape index (κ3) is 5.75. The zero-order valence-corrected chi connectivity index (χ0v) is 15.7. The van der Waals surface area contributed by atoms with Gasteiger partial charge in [-0.15, -0.1) is 0 Å². The first-order valence-corrected chi connectivity index (χ1v) is 9.79. The SMILES string of the molecule is CON(C)C(=O)Nc1cccc(OCCc2cccc(S(C)(=O)=O)c2)c1. The van der Waals surface area contributed by atoms with E-state index in [2.05, 4.69) is 5.32 Å². The molecular formula is C18H22N2O5S. The molecule has 0 bridgehead atoms. The third-order valence-electron chi connectivity index (χ3n) is 3.63. The molecule has 7 nitrogen and oxygen atoms in total. The van der Waals surface area contributed by atoms with E-state index in [9.17, 15) is 13.2 Å². The minimum atomic E-state index is -3.22. The monoisotopic (exact) mass is 378 g/mol. The maximum atomic E-state index is 11.8. The van der Waals surface area contributed by atoms with Gasteiger partial charge in [-0.1, -0.05) is 18.2 Å². The van der Waals surface area contributed by atoms with E-state index in [4.69, 9.17) is 9.57 Å². The Kier molecular flexibility index (Phi) is 6.59. The molecule has 26 heavy (non-hydrogen) atoms. The fourth-order valence-corrected chi connectivity index (χ4v) is 2.86. The quantitative estimate of drug-likeness (QED) is 0.749. The summed E-state index contributed by atoms with van der Waals surface area (Å²) in [4.78, 5) is 16.9. The van der Waals surface area contributed by atoms with Crippen LogP contribution in [0.1, 0.15) is 5.56 Å². The minimum absolute atomic E-state index is 0.293. The van der Waals surface area contributed by atoms with Gasteiger partial charge < -0.3 is 10.1 Å². The van der Waals surface area contributed by atoms with Gasteiger partial charge in [-0.3, -0.25) is 4.84 Å². The Balaban J connectivity index is 1.94. The van der Waals surface area contributed by atoms with Gasteiger partial charge in [0.15, 0.2) is 9.84 Å². The molecule has 0 aliphatic heterocycles. The van der Waals surface area contributed by atoms with Crippen LogP contribution in [0.4, 0.5) is 10.5 Å². The molecule has 0 radical (unpaired) electrons. The van der Waals surface area contributed by atoms with Gasteiger partial charge in [-0.25, -0.2) is 18.3 Å². The maximum Gasteiger partial charge on any atom is 0.345 e. The average molecular weight is 378 g/mol. The molecule has 0 spiro atoms. The largest absolute Gasteiger partial charge is 0.493 e. The summed E-state index contributed by atoms with van der Waals surface area (Å²) in [6.07, 6.45) is 1.75. The molecule has 0 saturated carbocycles. The molecule has 8 heteroatoms. The Morgan fingerprint density at radius 1 is 1.15 bits per heavy atom. The number of amides is 2. The number of nitrogens with one attached hydrogen (secondary N) is 1. The Morgan fingerprint density at radius 3 is 2.58 bits per heavy atom. The Morgan fingerprint density at radius 2 is 1.88 bits per heavy atom. The molecule has 0 aliphatic rings. The number of anilines is 1. The number of sulfone groups is 1. The number of carbonyl (C=O) groups excluding carboxylic acids is 1. The van der Waals surface area contributed by atoms with E-state index in [1.165, 1.54) is 20.4 Å². The van der Waals surface area contributed by atoms with Crippen molar-refractivity contribution in [1.29, 1.82) is 0 Å². The summed E-state index contributed by atoms with van der Waals surface area (Å²) < 4.78 is 28.9. The van der Waals surface area contributed by atoms with E-state index in [1.807, 2.05) is 6.07 Å². The van der Waals surface area contributed by atoms with Gasteiger partial charge in [-0.2, -0.15) is 0 Å². The molecule has 0 saturated heterocycles. The van der Waals surface area contributed by atoms with Gasteiger partial charge in [0, 0.05) is 31.5 Å². The molecule has 0 fully saturated rings. The Bertz CT molecular complexity index is 867. The summed E-state index contributed by atoms with van der Waals surface area (Å²) in [6, 6.07) is 13.4. The van der Waals surface area contributed by atoms with Crippen LogP contribution < -0.4 is 10.1 Å². The number of hydrogen-bond acceptors (Lipinski definition) is 5. The summed E-state index contributed by atoms with van der Waals surface area (Å²) in [7, 11) is -0.323. The summed E-state index contributed by atoms with van der Waals surface area (Å²) in [5.74, 6) is 0.599. The molecule has 0 unspecified atom stereocenters. The molecule has 2 aromatic rings. The molecule has 2 rings (SSSR count). The van der Waals surface area contributed by atoms with E-state index >= 15 is 0 Å². The first kappa shape index (κ1) is 19.7. The van der Waals surface area contributed by atoms with Gasteiger partial charge in [-0.05, 0) is 29.8 Å². The summed E-state index contributed by atoms with van der Waals surface area (Å²) >= 11 is 0. The average Bonchev–Trinajstić information content (AvgIpc) is 2.61. The highest BCUT2D eigenvalue weighted by atomic mass is 32.2. The van der Waals surface area contributed by atoms with E-state index in [1.54, 1.807) is 42.5 Å². The smallest absolute Gasteiger partial charge is 0.345 e. The molecule has 1 N–H and O–H groups in total. The second-order valence-corrected chi connectivity index (χ2v) is 7.67.